The highest BCUT2D eigenvalue weighted by Crippen LogP contribution is 2.19. The monoisotopic (exact) mass is 258 g/mol. The van der Waals surface area contributed by atoms with Gasteiger partial charge in [0.25, 0.3) is 0 Å². The fraction of sp³-hybridized carbons (Fsp3) is 0.273. The van der Waals surface area contributed by atoms with Crippen LogP contribution in [0.4, 0.5) is 0 Å². The number of rotatable bonds is 3. The molecule has 0 fully saturated rings. The van der Waals surface area contributed by atoms with Crippen molar-refractivity contribution in [2.45, 2.75) is 13.3 Å². The Labute approximate surface area is 92.7 Å². The Hall–Kier alpha value is -0.270. The highest BCUT2D eigenvalue weighted by molar-refractivity contribution is 9.10. The SMILES string of the molecule is Cc1ccc(C=CCCCl)c(Br)c1. The smallest absolute Gasteiger partial charge is 0.0258 e. The number of alkyl halides is 1. The first-order valence-corrected chi connectivity index (χ1v) is 5.55. The summed E-state index contributed by atoms with van der Waals surface area (Å²) in [7, 11) is 0. The molecule has 1 aromatic rings. The molecule has 13 heavy (non-hydrogen) atoms. The van der Waals surface area contributed by atoms with Crippen molar-refractivity contribution >= 4 is 33.6 Å². The van der Waals surface area contributed by atoms with Crippen molar-refractivity contribution in [3.8, 4) is 0 Å². The zero-order valence-corrected chi connectivity index (χ0v) is 9.90. The van der Waals surface area contributed by atoms with Gasteiger partial charge in [0.05, 0.1) is 0 Å². The lowest BCUT2D eigenvalue weighted by atomic mass is 10.1. The fourth-order valence-corrected chi connectivity index (χ4v) is 1.79. The number of aryl methyl sites for hydroxylation is 1. The first kappa shape index (κ1) is 10.8. The van der Waals surface area contributed by atoms with Crippen molar-refractivity contribution in [2.24, 2.45) is 0 Å². The largest absolute Gasteiger partial charge is 0.126 e. The van der Waals surface area contributed by atoms with Gasteiger partial charge >= 0.3 is 0 Å². The molecule has 0 saturated carbocycles. The highest BCUT2D eigenvalue weighted by atomic mass is 79.9. The van der Waals surface area contributed by atoms with E-state index in [-0.39, 0.29) is 0 Å². The molecule has 0 spiro atoms. The van der Waals surface area contributed by atoms with E-state index < -0.39 is 0 Å². The van der Waals surface area contributed by atoms with Crippen molar-refractivity contribution in [1.29, 1.82) is 0 Å². The molecule has 0 saturated heterocycles. The van der Waals surface area contributed by atoms with Crippen LogP contribution >= 0.6 is 27.5 Å². The molecule has 0 N–H and O–H groups in total. The second-order valence-corrected chi connectivity index (χ2v) is 4.14. The average molecular weight is 260 g/mol. The third-order valence-electron chi connectivity index (χ3n) is 1.73. The summed E-state index contributed by atoms with van der Waals surface area (Å²) < 4.78 is 1.14. The molecule has 0 aliphatic heterocycles. The van der Waals surface area contributed by atoms with Crippen LogP contribution in [0.15, 0.2) is 28.7 Å². The summed E-state index contributed by atoms with van der Waals surface area (Å²) in [6.45, 7) is 2.08. The van der Waals surface area contributed by atoms with Crippen LogP contribution in [0.1, 0.15) is 17.5 Å². The van der Waals surface area contributed by atoms with Gasteiger partial charge in [-0.1, -0.05) is 40.2 Å². The maximum absolute atomic E-state index is 5.57. The molecule has 1 aromatic carbocycles. The zero-order chi connectivity index (χ0) is 9.68. The van der Waals surface area contributed by atoms with Gasteiger partial charge in [-0.3, -0.25) is 0 Å². The summed E-state index contributed by atoms with van der Waals surface area (Å²) >= 11 is 9.08. The average Bonchev–Trinajstić information content (AvgIpc) is 2.09. The lowest BCUT2D eigenvalue weighted by molar-refractivity contribution is 1.24. The molecular weight excluding hydrogens is 247 g/mol. The van der Waals surface area contributed by atoms with E-state index in [1.807, 2.05) is 0 Å². The number of hydrogen-bond acceptors (Lipinski definition) is 0. The van der Waals surface area contributed by atoms with E-state index in [4.69, 9.17) is 11.6 Å². The topological polar surface area (TPSA) is 0 Å². The number of halogens is 2. The van der Waals surface area contributed by atoms with Gasteiger partial charge in [-0.25, -0.2) is 0 Å². The van der Waals surface area contributed by atoms with E-state index in [0.29, 0.717) is 5.88 Å². The number of hydrogen-bond donors (Lipinski definition) is 0. The lowest BCUT2D eigenvalue weighted by Crippen LogP contribution is -1.78. The summed E-state index contributed by atoms with van der Waals surface area (Å²) in [4.78, 5) is 0. The molecule has 0 aliphatic carbocycles. The predicted molar refractivity (Wildman–Crippen MR) is 63.3 cm³/mol. The van der Waals surface area contributed by atoms with Crippen LogP contribution in [0.25, 0.3) is 6.08 Å². The third kappa shape index (κ3) is 3.53. The number of allylic oxidation sites excluding steroid dienone is 1. The van der Waals surface area contributed by atoms with Crippen LogP contribution in [-0.4, -0.2) is 5.88 Å². The van der Waals surface area contributed by atoms with E-state index in [1.54, 1.807) is 0 Å². The molecule has 0 aromatic heterocycles. The Morgan fingerprint density at radius 1 is 1.46 bits per heavy atom. The first-order valence-electron chi connectivity index (χ1n) is 4.22. The molecule has 0 bridgehead atoms. The molecular formula is C11H12BrCl. The van der Waals surface area contributed by atoms with Gasteiger partial charge in [0.2, 0.25) is 0 Å². The molecule has 0 nitrogen and oxygen atoms in total. The van der Waals surface area contributed by atoms with E-state index in [2.05, 4.69) is 53.2 Å². The van der Waals surface area contributed by atoms with Crippen LogP contribution in [0.3, 0.4) is 0 Å². The second kappa shape index (κ2) is 5.46. The Morgan fingerprint density at radius 2 is 2.23 bits per heavy atom. The van der Waals surface area contributed by atoms with E-state index in [0.717, 1.165) is 10.9 Å². The van der Waals surface area contributed by atoms with Crippen molar-refractivity contribution < 1.29 is 0 Å². The Kier molecular flexibility index (Phi) is 4.54. The quantitative estimate of drug-likeness (QED) is 0.706. The molecule has 0 amide bonds. The molecule has 0 atom stereocenters. The van der Waals surface area contributed by atoms with Crippen LogP contribution in [0, 0.1) is 6.92 Å². The molecule has 2 heteroatoms. The van der Waals surface area contributed by atoms with Crippen molar-refractivity contribution in [3.63, 3.8) is 0 Å². The van der Waals surface area contributed by atoms with E-state index in [9.17, 15) is 0 Å². The molecule has 0 heterocycles. The normalized spacial score (nSPS) is 11.0. The summed E-state index contributed by atoms with van der Waals surface area (Å²) in [5.74, 6) is 0.681. The standard InChI is InChI=1S/C11H12BrCl/c1-9-5-6-10(11(12)8-9)4-2-3-7-13/h2,4-6,8H,3,7H2,1H3. The summed E-state index contributed by atoms with van der Waals surface area (Å²) in [5.41, 5.74) is 2.47. The summed E-state index contributed by atoms with van der Waals surface area (Å²) in [5, 5.41) is 0. The van der Waals surface area contributed by atoms with Gasteiger partial charge in [0.15, 0.2) is 0 Å². The lowest BCUT2D eigenvalue weighted by Gasteiger charge is -1.99. The van der Waals surface area contributed by atoms with Gasteiger partial charge in [0.1, 0.15) is 0 Å². The minimum atomic E-state index is 0.681. The molecule has 0 unspecified atom stereocenters. The Morgan fingerprint density at radius 3 is 2.85 bits per heavy atom. The van der Waals surface area contributed by atoms with Crippen LogP contribution in [0.5, 0.6) is 0 Å². The molecule has 1 rings (SSSR count). The van der Waals surface area contributed by atoms with Gasteiger partial charge in [-0.05, 0) is 30.5 Å². The maximum atomic E-state index is 5.57. The summed E-state index contributed by atoms with van der Waals surface area (Å²) in [6.07, 6.45) is 5.09. The number of benzene rings is 1. The minimum Gasteiger partial charge on any atom is -0.126 e. The predicted octanol–water partition coefficient (Wildman–Crippen LogP) is 4.40. The van der Waals surface area contributed by atoms with Crippen molar-refractivity contribution in [1.82, 2.24) is 0 Å². The second-order valence-electron chi connectivity index (χ2n) is 2.90. The summed E-state index contributed by atoms with van der Waals surface area (Å²) in [6, 6.07) is 6.32. The van der Waals surface area contributed by atoms with Crippen molar-refractivity contribution in [2.75, 3.05) is 5.88 Å². The van der Waals surface area contributed by atoms with Gasteiger partial charge in [-0.2, -0.15) is 0 Å². The van der Waals surface area contributed by atoms with E-state index in [1.165, 1.54) is 11.1 Å². The van der Waals surface area contributed by atoms with Gasteiger partial charge < -0.3 is 0 Å². The Balaban J connectivity index is 2.77. The molecule has 0 radical (unpaired) electrons. The van der Waals surface area contributed by atoms with E-state index >= 15 is 0 Å². The van der Waals surface area contributed by atoms with Crippen LogP contribution in [0.2, 0.25) is 0 Å². The fourth-order valence-electron chi connectivity index (χ4n) is 1.04. The van der Waals surface area contributed by atoms with Gasteiger partial charge in [-0.15, -0.1) is 11.6 Å². The Bertz CT molecular complexity index is 305. The molecule has 0 aliphatic rings. The van der Waals surface area contributed by atoms with Crippen LogP contribution in [-0.2, 0) is 0 Å². The highest BCUT2D eigenvalue weighted by Gasteiger charge is 1.94. The minimum absolute atomic E-state index is 0.681. The third-order valence-corrected chi connectivity index (χ3v) is 2.63. The van der Waals surface area contributed by atoms with Crippen LogP contribution < -0.4 is 0 Å². The van der Waals surface area contributed by atoms with Crippen molar-refractivity contribution in [3.05, 3.63) is 39.9 Å². The molecule has 70 valence electrons. The first-order chi connectivity index (χ1) is 6.24. The maximum Gasteiger partial charge on any atom is 0.0258 e. The van der Waals surface area contributed by atoms with Gasteiger partial charge in [0, 0.05) is 10.4 Å². The zero-order valence-electron chi connectivity index (χ0n) is 7.56.